The number of hydrogen-bond acceptors (Lipinski definition) is 3. The maximum Gasteiger partial charge on any atom is 0.137 e. The Balaban J connectivity index is 2.30. The number of aliphatic hydroxyl groups is 1. The zero-order valence-electron chi connectivity index (χ0n) is 9.70. The fourth-order valence-corrected chi connectivity index (χ4v) is 2.38. The fourth-order valence-electron chi connectivity index (χ4n) is 2.18. The van der Waals surface area contributed by atoms with E-state index >= 15 is 0 Å². The average molecular weight is 255 g/mol. The maximum atomic E-state index is 11.2. The molecule has 0 saturated heterocycles. The van der Waals surface area contributed by atoms with E-state index in [1.165, 1.54) is 0 Å². The normalized spacial score (nSPS) is 19.1. The van der Waals surface area contributed by atoms with Crippen LogP contribution in [0.2, 0.25) is 5.02 Å². The molecule has 3 nitrogen and oxygen atoms in total. The maximum absolute atomic E-state index is 11.2. The minimum Gasteiger partial charge on any atom is -0.495 e. The molecular weight excluding hydrogens is 240 g/mol. The highest BCUT2D eigenvalue weighted by Crippen LogP contribution is 2.38. The zero-order chi connectivity index (χ0) is 12.5. The first-order valence-electron chi connectivity index (χ1n) is 5.63. The van der Waals surface area contributed by atoms with Gasteiger partial charge in [0.2, 0.25) is 0 Å². The number of hydrogen-bond donors (Lipinski definition) is 1. The van der Waals surface area contributed by atoms with Crippen LogP contribution in [0.1, 0.15) is 31.2 Å². The quantitative estimate of drug-likeness (QED) is 0.883. The average Bonchev–Trinajstić information content (AvgIpc) is 2.34. The van der Waals surface area contributed by atoms with Gasteiger partial charge in [0.25, 0.3) is 0 Å². The third-order valence-corrected chi connectivity index (χ3v) is 3.64. The molecule has 2 rings (SSSR count). The van der Waals surface area contributed by atoms with E-state index in [1.54, 1.807) is 25.3 Å². The van der Waals surface area contributed by atoms with Crippen molar-refractivity contribution in [3.05, 3.63) is 28.8 Å². The largest absolute Gasteiger partial charge is 0.495 e. The van der Waals surface area contributed by atoms with E-state index in [2.05, 4.69) is 0 Å². The van der Waals surface area contributed by atoms with Gasteiger partial charge in [-0.25, -0.2) is 0 Å². The van der Waals surface area contributed by atoms with Gasteiger partial charge >= 0.3 is 0 Å². The predicted molar refractivity (Wildman–Crippen MR) is 65.4 cm³/mol. The third-order valence-electron chi connectivity index (χ3n) is 3.32. The van der Waals surface area contributed by atoms with Crippen LogP contribution in [-0.2, 0) is 10.4 Å². The van der Waals surface area contributed by atoms with Crippen LogP contribution in [0.4, 0.5) is 0 Å². The number of methoxy groups -OCH3 is 1. The van der Waals surface area contributed by atoms with E-state index in [-0.39, 0.29) is 5.78 Å². The summed E-state index contributed by atoms with van der Waals surface area (Å²) in [4.78, 5) is 11.2. The van der Waals surface area contributed by atoms with Gasteiger partial charge in [0.05, 0.1) is 17.7 Å². The molecular formula is C13H15ClO3. The molecule has 0 radical (unpaired) electrons. The van der Waals surface area contributed by atoms with Gasteiger partial charge in [-0.05, 0) is 30.5 Å². The van der Waals surface area contributed by atoms with Gasteiger partial charge in [0.1, 0.15) is 11.5 Å². The zero-order valence-corrected chi connectivity index (χ0v) is 10.5. The van der Waals surface area contributed by atoms with Crippen LogP contribution >= 0.6 is 11.6 Å². The fraction of sp³-hybridized carbons (Fsp3) is 0.462. The molecule has 1 aromatic rings. The molecule has 0 bridgehead atoms. The summed E-state index contributed by atoms with van der Waals surface area (Å²) in [6, 6.07) is 5.25. The summed E-state index contributed by atoms with van der Waals surface area (Å²) in [5, 5.41) is 11.0. The van der Waals surface area contributed by atoms with Gasteiger partial charge in [-0.15, -0.1) is 0 Å². The molecule has 92 valence electrons. The van der Waals surface area contributed by atoms with Gasteiger partial charge in [0.15, 0.2) is 0 Å². The molecule has 0 aromatic heterocycles. The van der Waals surface area contributed by atoms with Crippen molar-refractivity contribution in [2.24, 2.45) is 0 Å². The second-order valence-corrected chi connectivity index (χ2v) is 4.83. The summed E-state index contributed by atoms with van der Waals surface area (Å²) in [5.41, 5.74) is -0.155. The second-order valence-electron chi connectivity index (χ2n) is 4.42. The second kappa shape index (κ2) is 4.67. The van der Waals surface area contributed by atoms with Gasteiger partial charge in [0, 0.05) is 12.8 Å². The number of carbonyl (C=O) groups excluding carboxylic acids is 1. The molecule has 4 heteroatoms. The molecule has 0 atom stereocenters. The molecule has 0 aliphatic heterocycles. The molecule has 17 heavy (non-hydrogen) atoms. The van der Waals surface area contributed by atoms with Gasteiger partial charge in [-0.1, -0.05) is 17.7 Å². The minimum absolute atomic E-state index is 0.218. The van der Waals surface area contributed by atoms with E-state index in [1.807, 2.05) is 0 Å². The van der Waals surface area contributed by atoms with Crippen molar-refractivity contribution in [1.29, 1.82) is 0 Å². The summed E-state index contributed by atoms with van der Waals surface area (Å²) in [6.07, 6.45) is 1.80. The molecule has 1 N–H and O–H groups in total. The topological polar surface area (TPSA) is 46.5 Å². The number of ketones is 1. The highest BCUT2D eigenvalue weighted by Gasteiger charge is 2.34. The van der Waals surface area contributed by atoms with Crippen LogP contribution in [0.5, 0.6) is 5.75 Å². The molecule has 0 heterocycles. The number of rotatable bonds is 2. The highest BCUT2D eigenvalue weighted by molar-refractivity contribution is 6.32. The lowest BCUT2D eigenvalue weighted by atomic mass is 9.79. The Morgan fingerprint density at radius 2 is 2.00 bits per heavy atom. The Morgan fingerprint density at radius 1 is 1.35 bits per heavy atom. The smallest absolute Gasteiger partial charge is 0.137 e. The van der Waals surface area contributed by atoms with Gasteiger partial charge < -0.3 is 9.84 Å². The Bertz CT molecular complexity index is 432. The van der Waals surface area contributed by atoms with E-state index < -0.39 is 5.60 Å². The van der Waals surface area contributed by atoms with Crippen LogP contribution in [0, 0.1) is 0 Å². The van der Waals surface area contributed by atoms with Crippen LogP contribution in [0.15, 0.2) is 18.2 Å². The van der Waals surface area contributed by atoms with Gasteiger partial charge in [-0.3, -0.25) is 4.79 Å². The molecule has 1 fully saturated rings. The first-order chi connectivity index (χ1) is 8.05. The Morgan fingerprint density at radius 3 is 2.59 bits per heavy atom. The summed E-state index contributed by atoms with van der Waals surface area (Å²) in [5.74, 6) is 0.769. The molecule has 1 aliphatic rings. The first-order valence-corrected chi connectivity index (χ1v) is 6.01. The number of carbonyl (C=O) groups is 1. The van der Waals surface area contributed by atoms with E-state index in [0.29, 0.717) is 36.5 Å². The first kappa shape index (κ1) is 12.4. The molecule has 1 saturated carbocycles. The van der Waals surface area contributed by atoms with Crippen molar-refractivity contribution in [2.45, 2.75) is 31.3 Å². The standard InChI is InChI=1S/C13H15ClO3/c1-17-12-8-9(2-3-11(12)14)13(16)6-4-10(15)5-7-13/h2-3,8,16H,4-7H2,1H3. The minimum atomic E-state index is -0.925. The Hall–Kier alpha value is -1.06. The highest BCUT2D eigenvalue weighted by atomic mass is 35.5. The molecule has 1 aromatic carbocycles. The summed E-state index contributed by atoms with van der Waals surface area (Å²) in [7, 11) is 1.54. The van der Waals surface area contributed by atoms with Crippen LogP contribution < -0.4 is 4.74 Å². The van der Waals surface area contributed by atoms with Crippen molar-refractivity contribution < 1.29 is 14.6 Å². The van der Waals surface area contributed by atoms with Crippen LogP contribution in [0.25, 0.3) is 0 Å². The van der Waals surface area contributed by atoms with Crippen molar-refractivity contribution in [3.8, 4) is 5.75 Å². The number of Topliss-reactive ketones (excluding diaryl/α,β-unsaturated/α-hetero) is 1. The molecule has 0 spiro atoms. The van der Waals surface area contributed by atoms with Crippen molar-refractivity contribution in [3.63, 3.8) is 0 Å². The Labute approximate surface area is 105 Å². The predicted octanol–water partition coefficient (Wildman–Crippen LogP) is 2.68. The summed E-state index contributed by atoms with van der Waals surface area (Å²) >= 11 is 5.94. The molecule has 1 aliphatic carbocycles. The lowest BCUT2D eigenvalue weighted by Crippen LogP contribution is -2.31. The van der Waals surface area contributed by atoms with E-state index in [9.17, 15) is 9.90 Å². The van der Waals surface area contributed by atoms with Crippen molar-refractivity contribution >= 4 is 17.4 Å². The van der Waals surface area contributed by atoms with E-state index in [0.717, 1.165) is 5.56 Å². The number of benzene rings is 1. The van der Waals surface area contributed by atoms with E-state index in [4.69, 9.17) is 16.3 Å². The van der Waals surface area contributed by atoms with Crippen LogP contribution in [-0.4, -0.2) is 18.0 Å². The summed E-state index contributed by atoms with van der Waals surface area (Å²) in [6.45, 7) is 0. The monoisotopic (exact) mass is 254 g/mol. The molecule has 0 amide bonds. The van der Waals surface area contributed by atoms with Gasteiger partial charge in [-0.2, -0.15) is 0 Å². The van der Waals surface area contributed by atoms with Crippen molar-refractivity contribution in [2.75, 3.05) is 7.11 Å². The Kier molecular flexibility index (Phi) is 3.40. The van der Waals surface area contributed by atoms with Crippen LogP contribution in [0.3, 0.4) is 0 Å². The summed E-state index contributed by atoms with van der Waals surface area (Å²) < 4.78 is 5.13. The lowest BCUT2D eigenvalue weighted by molar-refractivity contribution is -0.125. The lowest BCUT2D eigenvalue weighted by Gasteiger charge is -2.32. The third kappa shape index (κ3) is 2.45. The number of ether oxygens (including phenoxy) is 1. The SMILES string of the molecule is COc1cc(C2(O)CCC(=O)CC2)ccc1Cl. The molecule has 0 unspecified atom stereocenters. The van der Waals surface area contributed by atoms with Crippen molar-refractivity contribution in [1.82, 2.24) is 0 Å². The number of halogens is 1.